The minimum atomic E-state index is -1.53. The number of allylic oxidation sites excluding steroid dienone is 2. The van der Waals surface area contributed by atoms with Crippen LogP contribution >= 0.6 is 0 Å². The number of aliphatic hydroxyl groups excluding tert-OH is 6. The summed E-state index contributed by atoms with van der Waals surface area (Å²) in [5.41, 5.74) is 1.17. The molecule has 212 valence electrons. The Hall–Kier alpha value is -1.89. The summed E-state index contributed by atoms with van der Waals surface area (Å²) in [5.74, 6) is -0.482. The van der Waals surface area contributed by atoms with Gasteiger partial charge in [0.2, 0.25) is 0 Å². The van der Waals surface area contributed by atoms with Crippen LogP contribution in [-0.2, 0) is 19.0 Å². The van der Waals surface area contributed by atoms with Gasteiger partial charge in [-0.25, -0.2) is 4.79 Å². The van der Waals surface area contributed by atoms with Crippen molar-refractivity contribution in [1.29, 1.82) is 0 Å². The fourth-order valence-corrected chi connectivity index (χ4v) is 3.94. The molecular formula is C27H44O10. The average Bonchev–Trinajstić information content (AvgIpc) is 2.87. The molecule has 0 aromatic heterocycles. The topological polar surface area (TPSA) is 166 Å². The van der Waals surface area contributed by atoms with Gasteiger partial charge in [0.25, 0.3) is 0 Å². The maximum absolute atomic E-state index is 11.4. The molecule has 0 bridgehead atoms. The first-order chi connectivity index (χ1) is 17.4. The maximum atomic E-state index is 11.4. The molecule has 0 aromatic rings. The molecule has 0 amide bonds. The molecule has 1 aliphatic rings. The van der Waals surface area contributed by atoms with E-state index in [1.54, 1.807) is 19.9 Å². The Bertz CT molecular complexity index is 818. The van der Waals surface area contributed by atoms with Crippen LogP contribution in [0.1, 0.15) is 52.9 Å². The van der Waals surface area contributed by atoms with Gasteiger partial charge in [0.1, 0.15) is 24.4 Å². The third kappa shape index (κ3) is 10.8. The molecule has 0 aliphatic carbocycles. The zero-order valence-electron chi connectivity index (χ0n) is 22.2. The van der Waals surface area contributed by atoms with Gasteiger partial charge in [0, 0.05) is 5.57 Å². The molecule has 0 saturated carbocycles. The number of rotatable bonds is 15. The highest BCUT2D eigenvalue weighted by atomic mass is 16.7. The molecule has 0 radical (unpaired) electrons. The van der Waals surface area contributed by atoms with Crippen molar-refractivity contribution < 1.29 is 49.6 Å². The van der Waals surface area contributed by atoms with Crippen LogP contribution in [0.15, 0.2) is 47.6 Å². The molecule has 0 unspecified atom stereocenters. The minimum absolute atomic E-state index is 0.116. The van der Waals surface area contributed by atoms with Gasteiger partial charge in [-0.2, -0.15) is 0 Å². The first kappa shape index (κ1) is 33.1. The van der Waals surface area contributed by atoms with E-state index in [9.17, 15) is 35.4 Å². The fourth-order valence-electron chi connectivity index (χ4n) is 3.94. The number of methoxy groups -OCH3 is 1. The quantitative estimate of drug-likeness (QED) is 0.103. The van der Waals surface area contributed by atoms with Gasteiger partial charge in [-0.15, -0.1) is 6.58 Å². The first-order valence-electron chi connectivity index (χ1n) is 12.4. The van der Waals surface area contributed by atoms with E-state index in [1.165, 1.54) is 13.2 Å². The Labute approximate surface area is 219 Å². The van der Waals surface area contributed by atoms with E-state index in [4.69, 9.17) is 9.47 Å². The summed E-state index contributed by atoms with van der Waals surface area (Å²) < 4.78 is 15.9. The molecule has 10 heteroatoms. The molecule has 37 heavy (non-hydrogen) atoms. The van der Waals surface area contributed by atoms with Crippen molar-refractivity contribution in [2.45, 2.75) is 95.3 Å². The normalized spacial score (nSPS) is 27.9. The van der Waals surface area contributed by atoms with Crippen LogP contribution in [0, 0.1) is 0 Å². The zero-order valence-corrected chi connectivity index (χ0v) is 22.2. The molecule has 6 N–H and O–H groups in total. The Morgan fingerprint density at radius 3 is 2.35 bits per heavy atom. The lowest BCUT2D eigenvalue weighted by Crippen LogP contribution is -2.60. The number of carbonyl (C=O) groups is 1. The van der Waals surface area contributed by atoms with Crippen LogP contribution in [0.3, 0.4) is 0 Å². The fraction of sp³-hybridized carbons (Fsp3) is 0.667. The van der Waals surface area contributed by atoms with Crippen molar-refractivity contribution >= 4 is 5.97 Å². The second-order valence-corrected chi connectivity index (χ2v) is 9.59. The highest BCUT2D eigenvalue weighted by Crippen LogP contribution is 2.29. The maximum Gasteiger partial charge on any atom is 0.333 e. The first-order valence-corrected chi connectivity index (χ1v) is 12.4. The van der Waals surface area contributed by atoms with Gasteiger partial charge in [-0.1, -0.05) is 23.8 Å². The Morgan fingerprint density at radius 1 is 1.11 bits per heavy atom. The van der Waals surface area contributed by atoms with Gasteiger partial charge in [-0.3, -0.25) is 0 Å². The third-order valence-corrected chi connectivity index (χ3v) is 6.38. The zero-order chi connectivity index (χ0) is 28.2. The molecule has 1 heterocycles. The molecule has 1 saturated heterocycles. The molecule has 7 atom stereocenters. The van der Waals surface area contributed by atoms with Crippen LogP contribution < -0.4 is 0 Å². The lowest BCUT2D eigenvalue weighted by atomic mass is 9.96. The Balaban J connectivity index is 2.64. The molecule has 1 fully saturated rings. The molecule has 1 aliphatic heterocycles. The standard InChI is InChI=1S/C27H44O10/c1-6-27(4,37-26-24(33)23(32)22(31)21(16-29)36-26)12-8-11-19(15-28)10-7-9-17(2)13-20(30)14-18(3)25(34)35-5/h6,9,11,14,20-24,26,28-33H,1,7-8,10,12-13,15-16H2,2-5H3/b17-9+,18-14+,19-11-/t20-,21-,22-,23+,24-,26+,27-/m1/s1. The number of aliphatic hydroxyl groups is 6. The van der Waals surface area contributed by atoms with E-state index in [1.807, 2.05) is 19.1 Å². The van der Waals surface area contributed by atoms with Gasteiger partial charge in [-0.05, 0) is 64.5 Å². The van der Waals surface area contributed by atoms with Crippen LogP contribution in [0.2, 0.25) is 0 Å². The van der Waals surface area contributed by atoms with Crippen LogP contribution in [0.5, 0.6) is 0 Å². The highest BCUT2D eigenvalue weighted by molar-refractivity contribution is 5.87. The van der Waals surface area contributed by atoms with E-state index < -0.39 is 55.0 Å². The van der Waals surface area contributed by atoms with E-state index in [2.05, 4.69) is 11.3 Å². The van der Waals surface area contributed by atoms with Crippen molar-refractivity contribution in [2.24, 2.45) is 0 Å². The summed E-state index contributed by atoms with van der Waals surface area (Å²) in [6.45, 7) is 8.33. The number of esters is 1. The summed E-state index contributed by atoms with van der Waals surface area (Å²) >= 11 is 0. The number of ether oxygens (including phenoxy) is 3. The Morgan fingerprint density at radius 2 is 1.78 bits per heavy atom. The number of hydrogen-bond donors (Lipinski definition) is 6. The van der Waals surface area contributed by atoms with Crippen molar-refractivity contribution in [3.8, 4) is 0 Å². The Kier molecular flexibility index (Phi) is 14.5. The van der Waals surface area contributed by atoms with Gasteiger partial charge >= 0.3 is 5.97 Å². The second kappa shape index (κ2) is 16.2. The van der Waals surface area contributed by atoms with Gasteiger partial charge in [0.05, 0.1) is 32.0 Å². The summed E-state index contributed by atoms with van der Waals surface area (Å²) in [6, 6.07) is 0. The average molecular weight is 529 g/mol. The van der Waals surface area contributed by atoms with Crippen LogP contribution in [0.25, 0.3) is 0 Å². The minimum Gasteiger partial charge on any atom is -0.466 e. The van der Waals surface area contributed by atoms with E-state index in [-0.39, 0.29) is 6.61 Å². The second-order valence-electron chi connectivity index (χ2n) is 9.59. The smallest absolute Gasteiger partial charge is 0.333 e. The van der Waals surface area contributed by atoms with Crippen LogP contribution in [0.4, 0.5) is 0 Å². The predicted octanol–water partition coefficient (Wildman–Crippen LogP) is 1.04. The number of carbonyl (C=O) groups excluding carboxylic acids is 1. The SMILES string of the molecule is C=C[C@](C)(CC/C=C(\CO)CC/C=C(\C)C[C@@H](O)/C=C(\C)C(=O)OC)O[C@@H]1O[C@H](CO)[C@@H](O)[C@H](O)[C@H]1O. The largest absolute Gasteiger partial charge is 0.466 e. The molecule has 0 aromatic carbocycles. The summed E-state index contributed by atoms with van der Waals surface area (Å²) in [4.78, 5) is 11.4. The third-order valence-electron chi connectivity index (χ3n) is 6.38. The molecule has 10 nitrogen and oxygen atoms in total. The summed E-state index contributed by atoms with van der Waals surface area (Å²) in [6.07, 6.45) is 1.85. The summed E-state index contributed by atoms with van der Waals surface area (Å²) in [5, 5.41) is 59.4. The highest BCUT2D eigenvalue weighted by Gasteiger charge is 2.45. The number of hydrogen-bond acceptors (Lipinski definition) is 10. The van der Waals surface area contributed by atoms with Gasteiger partial charge in [0.15, 0.2) is 6.29 Å². The predicted molar refractivity (Wildman–Crippen MR) is 137 cm³/mol. The molecular weight excluding hydrogens is 484 g/mol. The van der Waals surface area contributed by atoms with Crippen molar-refractivity contribution in [2.75, 3.05) is 20.3 Å². The lowest BCUT2D eigenvalue weighted by Gasteiger charge is -2.42. The van der Waals surface area contributed by atoms with E-state index >= 15 is 0 Å². The van der Waals surface area contributed by atoms with Gasteiger partial charge < -0.3 is 44.8 Å². The summed E-state index contributed by atoms with van der Waals surface area (Å²) in [7, 11) is 1.29. The van der Waals surface area contributed by atoms with E-state index in [0.717, 1.165) is 11.1 Å². The van der Waals surface area contributed by atoms with Crippen molar-refractivity contribution in [3.63, 3.8) is 0 Å². The van der Waals surface area contributed by atoms with Crippen LogP contribution in [-0.4, -0.2) is 99.3 Å². The lowest BCUT2D eigenvalue weighted by molar-refractivity contribution is -0.319. The van der Waals surface area contributed by atoms with Crippen molar-refractivity contribution in [3.05, 3.63) is 47.6 Å². The molecule has 0 spiro atoms. The molecule has 1 rings (SSSR count). The monoisotopic (exact) mass is 528 g/mol. The van der Waals surface area contributed by atoms with E-state index in [0.29, 0.717) is 37.7 Å². The van der Waals surface area contributed by atoms with Crippen molar-refractivity contribution in [1.82, 2.24) is 0 Å².